The van der Waals surface area contributed by atoms with Crippen LogP contribution in [0.15, 0.2) is 12.1 Å². The third-order valence-electron chi connectivity index (χ3n) is 1.61. The number of hydrogen-bond donors (Lipinski definition) is 0. The van der Waals surface area contributed by atoms with Crippen molar-refractivity contribution >= 4 is 33.2 Å². The summed E-state index contributed by atoms with van der Waals surface area (Å²) in [6.45, 7) is 0. The highest BCUT2D eigenvalue weighted by Gasteiger charge is 2.08. The van der Waals surface area contributed by atoms with Crippen molar-refractivity contribution in [3.8, 4) is 0 Å². The van der Waals surface area contributed by atoms with Crippen molar-refractivity contribution in [2.24, 2.45) is 0 Å². The van der Waals surface area contributed by atoms with Crippen molar-refractivity contribution < 1.29 is 9.53 Å². The zero-order valence-electron chi connectivity index (χ0n) is 7.38. The zero-order chi connectivity index (χ0) is 9.68. The number of carbonyl (C=O) groups is 1. The predicted molar refractivity (Wildman–Crippen MR) is 57.8 cm³/mol. The summed E-state index contributed by atoms with van der Waals surface area (Å²) in [5.41, 5.74) is 0. The van der Waals surface area contributed by atoms with Gasteiger partial charge in [-0.05, 0) is 25.0 Å². The van der Waals surface area contributed by atoms with Crippen LogP contribution in [0.2, 0.25) is 0 Å². The van der Waals surface area contributed by atoms with Gasteiger partial charge >= 0.3 is 5.97 Å². The number of esters is 1. The Balaban J connectivity index is 2.58. The minimum atomic E-state index is -0.241. The van der Waals surface area contributed by atoms with E-state index in [-0.39, 0.29) is 5.97 Å². The SMILES string of the molecule is COC(=O)c1ccc(CCCBr)s1. The summed E-state index contributed by atoms with van der Waals surface area (Å²) < 4.78 is 4.62. The summed E-state index contributed by atoms with van der Waals surface area (Å²) in [5.74, 6) is -0.241. The molecule has 0 bridgehead atoms. The lowest BCUT2D eigenvalue weighted by molar-refractivity contribution is 0.0606. The normalized spacial score (nSPS) is 10.0. The molecule has 1 heterocycles. The van der Waals surface area contributed by atoms with E-state index >= 15 is 0 Å². The molecule has 0 unspecified atom stereocenters. The first-order valence-electron chi connectivity index (χ1n) is 4.01. The molecule has 13 heavy (non-hydrogen) atoms. The maximum Gasteiger partial charge on any atom is 0.348 e. The monoisotopic (exact) mass is 262 g/mol. The summed E-state index contributed by atoms with van der Waals surface area (Å²) in [4.78, 5) is 13.0. The van der Waals surface area contributed by atoms with Gasteiger partial charge in [-0.2, -0.15) is 0 Å². The molecule has 1 rings (SSSR count). The molecule has 0 aromatic carbocycles. The molecule has 1 aromatic rings. The van der Waals surface area contributed by atoms with E-state index in [1.807, 2.05) is 12.1 Å². The minimum absolute atomic E-state index is 0.241. The fourth-order valence-electron chi connectivity index (χ4n) is 0.964. The first kappa shape index (κ1) is 10.7. The van der Waals surface area contributed by atoms with Gasteiger partial charge in [0.1, 0.15) is 4.88 Å². The average molecular weight is 263 g/mol. The maximum atomic E-state index is 11.1. The van der Waals surface area contributed by atoms with E-state index in [1.165, 1.54) is 23.3 Å². The number of alkyl halides is 1. The van der Waals surface area contributed by atoms with Crippen molar-refractivity contribution in [2.75, 3.05) is 12.4 Å². The summed E-state index contributed by atoms with van der Waals surface area (Å²) in [6, 6.07) is 3.81. The Morgan fingerprint density at radius 1 is 1.62 bits per heavy atom. The van der Waals surface area contributed by atoms with Gasteiger partial charge in [0.05, 0.1) is 7.11 Å². The Hall–Kier alpha value is -0.350. The molecule has 0 aliphatic carbocycles. The second-order valence-corrected chi connectivity index (χ2v) is 4.51. The third-order valence-corrected chi connectivity index (χ3v) is 3.29. The van der Waals surface area contributed by atoms with Crippen LogP contribution in [-0.2, 0) is 11.2 Å². The highest BCUT2D eigenvalue weighted by atomic mass is 79.9. The highest BCUT2D eigenvalue weighted by molar-refractivity contribution is 9.09. The number of aryl methyl sites for hydroxylation is 1. The number of thiophene rings is 1. The van der Waals surface area contributed by atoms with Gasteiger partial charge in [0, 0.05) is 10.2 Å². The number of hydrogen-bond acceptors (Lipinski definition) is 3. The van der Waals surface area contributed by atoms with Gasteiger partial charge in [0.25, 0.3) is 0 Å². The van der Waals surface area contributed by atoms with Crippen molar-refractivity contribution in [2.45, 2.75) is 12.8 Å². The zero-order valence-corrected chi connectivity index (χ0v) is 9.78. The molecule has 2 nitrogen and oxygen atoms in total. The number of halogens is 1. The lowest BCUT2D eigenvalue weighted by Crippen LogP contribution is -1.96. The molecule has 0 saturated heterocycles. The van der Waals surface area contributed by atoms with Crippen LogP contribution in [0, 0.1) is 0 Å². The maximum absolute atomic E-state index is 11.1. The molecule has 0 saturated carbocycles. The second-order valence-electron chi connectivity index (χ2n) is 2.55. The largest absolute Gasteiger partial charge is 0.465 e. The molecule has 0 aliphatic rings. The molecular weight excluding hydrogens is 252 g/mol. The Bertz CT molecular complexity index is 283. The van der Waals surface area contributed by atoms with Gasteiger partial charge in [0.15, 0.2) is 0 Å². The topological polar surface area (TPSA) is 26.3 Å². The first-order chi connectivity index (χ1) is 6.27. The summed E-state index contributed by atoms with van der Waals surface area (Å²) >= 11 is 4.88. The number of methoxy groups -OCH3 is 1. The highest BCUT2D eigenvalue weighted by Crippen LogP contribution is 2.18. The van der Waals surface area contributed by atoms with Gasteiger partial charge in [-0.15, -0.1) is 11.3 Å². The second kappa shape index (κ2) is 5.40. The lowest BCUT2D eigenvalue weighted by Gasteiger charge is -1.93. The Kier molecular flexibility index (Phi) is 4.45. The van der Waals surface area contributed by atoms with Crippen LogP contribution in [0.4, 0.5) is 0 Å². The van der Waals surface area contributed by atoms with Crippen molar-refractivity contribution in [3.63, 3.8) is 0 Å². The van der Waals surface area contributed by atoms with Crippen LogP contribution in [0.3, 0.4) is 0 Å². The van der Waals surface area contributed by atoms with Gasteiger partial charge in [-0.25, -0.2) is 4.79 Å². The van der Waals surface area contributed by atoms with Crippen LogP contribution < -0.4 is 0 Å². The van der Waals surface area contributed by atoms with Gasteiger partial charge < -0.3 is 4.74 Å². The van der Waals surface area contributed by atoms with Gasteiger partial charge in [0.2, 0.25) is 0 Å². The number of rotatable bonds is 4. The third kappa shape index (κ3) is 3.12. The molecular formula is C9H11BrO2S. The van der Waals surface area contributed by atoms with E-state index in [1.54, 1.807) is 0 Å². The van der Waals surface area contributed by atoms with Crippen molar-refractivity contribution in [1.82, 2.24) is 0 Å². The van der Waals surface area contributed by atoms with Crippen molar-refractivity contribution in [3.05, 3.63) is 21.9 Å². The molecule has 0 N–H and O–H groups in total. The Morgan fingerprint density at radius 3 is 3.00 bits per heavy atom. The smallest absolute Gasteiger partial charge is 0.348 e. The summed E-state index contributed by atoms with van der Waals surface area (Å²) in [5, 5.41) is 0.998. The fourth-order valence-corrected chi connectivity index (χ4v) is 2.21. The summed E-state index contributed by atoms with van der Waals surface area (Å²) in [6.07, 6.45) is 2.12. The quantitative estimate of drug-likeness (QED) is 0.616. The minimum Gasteiger partial charge on any atom is -0.465 e. The standard InChI is InChI=1S/C9H11BrO2S/c1-12-9(11)8-5-4-7(13-8)3-2-6-10/h4-5H,2-3,6H2,1H3. The molecule has 0 amide bonds. The van der Waals surface area contributed by atoms with Crippen molar-refractivity contribution in [1.29, 1.82) is 0 Å². The van der Waals surface area contributed by atoms with E-state index in [0.717, 1.165) is 18.2 Å². The molecule has 0 atom stereocenters. The molecule has 72 valence electrons. The molecule has 0 spiro atoms. The molecule has 4 heteroatoms. The predicted octanol–water partition coefficient (Wildman–Crippen LogP) is 2.86. The summed E-state index contributed by atoms with van der Waals surface area (Å²) in [7, 11) is 1.40. The van der Waals surface area contributed by atoms with Crippen LogP contribution in [0.25, 0.3) is 0 Å². The molecule has 0 radical (unpaired) electrons. The molecule has 0 aliphatic heterocycles. The Labute approximate surface area is 90.0 Å². The van der Waals surface area contributed by atoms with E-state index in [2.05, 4.69) is 20.7 Å². The average Bonchev–Trinajstić information content (AvgIpc) is 2.62. The van der Waals surface area contributed by atoms with Gasteiger partial charge in [-0.1, -0.05) is 15.9 Å². The van der Waals surface area contributed by atoms with E-state index in [4.69, 9.17) is 0 Å². The van der Waals surface area contributed by atoms with Crippen LogP contribution >= 0.6 is 27.3 Å². The Morgan fingerprint density at radius 2 is 2.38 bits per heavy atom. The van der Waals surface area contributed by atoms with Gasteiger partial charge in [-0.3, -0.25) is 0 Å². The number of carbonyl (C=O) groups excluding carboxylic acids is 1. The van der Waals surface area contributed by atoms with E-state index in [0.29, 0.717) is 4.88 Å². The first-order valence-corrected chi connectivity index (χ1v) is 5.94. The van der Waals surface area contributed by atoms with E-state index in [9.17, 15) is 4.79 Å². The van der Waals surface area contributed by atoms with Crippen LogP contribution in [-0.4, -0.2) is 18.4 Å². The molecule has 0 fully saturated rings. The van der Waals surface area contributed by atoms with Crippen LogP contribution in [0.5, 0.6) is 0 Å². The lowest BCUT2D eigenvalue weighted by atomic mass is 10.3. The van der Waals surface area contributed by atoms with Crippen LogP contribution in [0.1, 0.15) is 21.0 Å². The number of ether oxygens (including phenoxy) is 1. The molecule has 1 aromatic heterocycles. The fraction of sp³-hybridized carbons (Fsp3) is 0.444. The van der Waals surface area contributed by atoms with E-state index < -0.39 is 0 Å².